The Morgan fingerprint density at radius 1 is 1.19 bits per heavy atom. The lowest BCUT2D eigenvalue weighted by molar-refractivity contribution is 1.37. The number of allylic oxidation sites excluding steroid dienone is 1. The molecule has 0 saturated carbocycles. The van der Waals surface area contributed by atoms with Crippen LogP contribution in [-0.2, 0) is 0 Å². The molecule has 0 radical (unpaired) electrons. The van der Waals surface area contributed by atoms with Gasteiger partial charge in [-0.15, -0.1) is 0 Å². The molecule has 0 spiro atoms. The second-order valence-electron chi connectivity index (χ2n) is 3.30. The van der Waals surface area contributed by atoms with Gasteiger partial charge in [-0.1, -0.05) is 24.8 Å². The zero-order valence-corrected chi connectivity index (χ0v) is 9.14. The molecular formula is C11H15N5. The molecule has 0 aliphatic carbocycles. The third-order valence-corrected chi connectivity index (χ3v) is 1.84. The van der Waals surface area contributed by atoms with Crippen molar-refractivity contribution in [2.24, 2.45) is 27.2 Å². The van der Waals surface area contributed by atoms with Gasteiger partial charge < -0.3 is 17.2 Å². The van der Waals surface area contributed by atoms with Crippen LogP contribution in [0.25, 0.3) is 5.57 Å². The normalized spacial score (nSPS) is 10.9. The Kier molecular flexibility index (Phi) is 3.66. The number of hydrogen-bond donors (Lipinski definition) is 3. The fraction of sp³-hybridized carbons (Fsp3) is 0.0909. The Labute approximate surface area is 94.4 Å². The van der Waals surface area contributed by atoms with Gasteiger partial charge in [0.15, 0.2) is 5.96 Å². The monoisotopic (exact) mass is 217 g/mol. The predicted octanol–water partition coefficient (Wildman–Crippen LogP) is 0.939. The molecule has 1 rings (SSSR count). The summed E-state index contributed by atoms with van der Waals surface area (Å²) in [5.41, 5.74) is 18.4. The van der Waals surface area contributed by atoms with E-state index in [9.17, 15) is 0 Å². The lowest BCUT2D eigenvalue weighted by atomic mass is 10.1. The maximum absolute atomic E-state index is 5.55. The number of benzene rings is 1. The van der Waals surface area contributed by atoms with Gasteiger partial charge >= 0.3 is 0 Å². The summed E-state index contributed by atoms with van der Waals surface area (Å²) >= 11 is 0. The molecule has 0 atom stereocenters. The van der Waals surface area contributed by atoms with Gasteiger partial charge in [-0.25, -0.2) is 4.99 Å². The molecular weight excluding hydrogens is 202 g/mol. The van der Waals surface area contributed by atoms with Crippen molar-refractivity contribution in [3.05, 3.63) is 36.4 Å². The average molecular weight is 217 g/mol. The molecule has 0 heterocycles. The highest BCUT2D eigenvalue weighted by Crippen LogP contribution is 2.24. The predicted molar refractivity (Wildman–Crippen MR) is 68.2 cm³/mol. The van der Waals surface area contributed by atoms with E-state index in [1.807, 2.05) is 31.2 Å². The largest absolute Gasteiger partial charge is 0.370 e. The molecule has 5 heteroatoms. The van der Waals surface area contributed by atoms with Crippen LogP contribution >= 0.6 is 0 Å². The number of nitrogens with zero attached hydrogens (tertiary/aromatic N) is 2. The van der Waals surface area contributed by atoms with E-state index >= 15 is 0 Å². The number of guanidine groups is 2. The van der Waals surface area contributed by atoms with Gasteiger partial charge in [0.2, 0.25) is 5.96 Å². The molecule has 16 heavy (non-hydrogen) atoms. The van der Waals surface area contributed by atoms with E-state index in [1.54, 1.807) is 0 Å². The lowest BCUT2D eigenvalue weighted by Gasteiger charge is -2.04. The number of aliphatic imine (C=N–C) groups is 2. The van der Waals surface area contributed by atoms with E-state index in [4.69, 9.17) is 17.2 Å². The van der Waals surface area contributed by atoms with Crippen molar-refractivity contribution < 1.29 is 0 Å². The summed E-state index contributed by atoms with van der Waals surface area (Å²) < 4.78 is 0. The smallest absolute Gasteiger partial charge is 0.223 e. The summed E-state index contributed by atoms with van der Waals surface area (Å²) in [5.74, 6) is -0.0947. The third-order valence-electron chi connectivity index (χ3n) is 1.84. The summed E-state index contributed by atoms with van der Waals surface area (Å²) in [6, 6.07) is 7.48. The summed E-state index contributed by atoms with van der Waals surface area (Å²) in [7, 11) is 0. The summed E-state index contributed by atoms with van der Waals surface area (Å²) in [6.45, 7) is 5.75. The minimum absolute atomic E-state index is 0.0219. The van der Waals surface area contributed by atoms with Crippen LogP contribution in [0.15, 0.2) is 40.8 Å². The zero-order valence-electron chi connectivity index (χ0n) is 9.14. The second kappa shape index (κ2) is 4.97. The Balaban J connectivity index is 3.15. The highest BCUT2D eigenvalue weighted by atomic mass is 15.1. The molecule has 0 aliphatic rings. The van der Waals surface area contributed by atoms with Gasteiger partial charge in [0, 0.05) is 5.56 Å². The molecule has 6 N–H and O–H groups in total. The molecule has 0 unspecified atom stereocenters. The van der Waals surface area contributed by atoms with Crippen molar-refractivity contribution in [2.75, 3.05) is 0 Å². The highest BCUT2D eigenvalue weighted by molar-refractivity contribution is 5.94. The highest BCUT2D eigenvalue weighted by Gasteiger charge is 2.01. The van der Waals surface area contributed by atoms with Crippen LogP contribution in [0.2, 0.25) is 0 Å². The molecule has 0 bridgehead atoms. The lowest BCUT2D eigenvalue weighted by Crippen LogP contribution is -2.26. The van der Waals surface area contributed by atoms with Crippen molar-refractivity contribution >= 4 is 23.2 Å². The summed E-state index contributed by atoms with van der Waals surface area (Å²) in [5, 5.41) is 0. The van der Waals surface area contributed by atoms with Crippen LogP contribution in [0.1, 0.15) is 12.5 Å². The first-order valence-corrected chi connectivity index (χ1v) is 4.69. The van der Waals surface area contributed by atoms with Crippen LogP contribution in [0.5, 0.6) is 0 Å². The fourth-order valence-electron chi connectivity index (χ4n) is 1.21. The van der Waals surface area contributed by atoms with Crippen molar-refractivity contribution in [3.63, 3.8) is 0 Å². The van der Waals surface area contributed by atoms with Gasteiger partial charge in [0.25, 0.3) is 0 Å². The Morgan fingerprint density at radius 3 is 2.38 bits per heavy atom. The quantitative estimate of drug-likeness (QED) is 0.507. The maximum atomic E-state index is 5.55. The van der Waals surface area contributed by atoms with Gasteiger partial charge in [0.1, 0.15) is 0 Å². The van der Waals surface area contributed by atoms with E-state index in [-0.39, 0.29) is 11.9 Å². The third kappa shape index (κ3) is 3.13. The van der Waals surface area contributed by atoms with Gasteiger partial charge in [-0.2, -0.15) is 4.99 Å². The van der Waals surface area contributed by atoms with Crippen LogP contribution in [0, 0.1) is 0 Å². The number of rotatable bonds is 2. The average Bonchev–Trinajstić information content (AvgIpc) is 2.16. The summed E-state index contributed by atoms with van der Waals surface area (Å²) in [6.07, 6.45) is 0. The molecule has 0 amide bonds. The molecule has 84 valence electrons. The van der Waals surface area contributed by atoms with Gasteiger partial charge in [0.05, 0.1) is 5.69 Å². The van der Waals surface area contributed by atoms with Crippen LogP contribution in [-0.4, -0.2) is 11.9 Å². The number of hydrogen-bond acceptors (Lipinski definition) is 1. The topological polar surface area (TPSA) is 103 Å². The SMILES string of the molecule is C=C(C)c1ccccc1N=C(N)N=C(N)N. The standard InChI is InChI=1S/C11H15N5/c1-7(2)8-5-3-4-6-9(8)15-11(14)16-10(12)13/h3-6H,1H2,2H3,(H6,12,13,14,15,16). The first-order valence-electron chi connectivity index (χ1n) is 4.69. The van der Waals surface area contributed by atoms with Crippen molar-refractivity contribution in [1.82, 2.24) is 0 Å². The first-order chi connectivity index (χ1) is 7.50. The van der Waals surface area contributed by atoms with Crippen molar-refractivity contribution in [1.29, 1.82) is 0 Å². The molecule has 1 aromatic rings. The summed E-state index contributed by atoms with van der Waals surface area (Å²) in [4.78, 5) is 7.75. The Hall–Kier alpha value is -2.30. The van der Waals surface area contributed by atoms with Crippen LogP contribution < -0.4 is 17.2 Å². The van der Waals surface area contributed by atoms with E-state index in [1.165, 1.54) is 0 Å². The minimum atomic E-state index is -0.117. The Morgan fingerprint density at radius 2 is 1.81 bits per heavy atom. The van der Waals surface area contributed by atoms with Crippen LogP contribution in [0.4, 0.5) is 5.69 Å². The molecule has 0 saturated heterocycles. The Bertz CT molecular complexity index is 455. The van der Waals surface area contributed by atoms with E-state index in [2.05, 4.69) is 16.6 Å². The van der Waals surface area contributed by atoms with Crippen molar-refractivity contribution in [2.45, 2.75) is 6.92 Å². The maximum Gasteiger partial charge on any atom is 0.223 e. The molecule has 0 aliphatic heterocycles. The van der Waals surface area contributed by atoms with E-state index in [0.717, 1.165) is 11.1 Å². The molecule has 5 nitrogen and oxygen atoms in total. The van der Waals surface area contributed by atoms with E-state index < -0.39 is 0 Å². The number of nitrogens with two attached hydrogens (primary N) is 3. The van der Waals surface area contributed by atoms with Crippen LogP contribution in [0.3, 0.4) is 0 Å². The zero-order chi connectivity index (χ0) is 12.1. The first kappa shape index (κ1) is 11.8. The van der Waals surface area contributed by atoms with Crippen molar-refractivity contribution in [3.8, 4) is 0 Å². The van der Waals surface area contributed by atoms with E-state index in [0.29, 0.717) is 5.69 Å². The second-order valence-corrected chi connectivity index (χ2v) is 3.30. The number of para-hydroxylation sites is 1. The van der Waals surface area contributed by atoms with Gasteiger partial charge in [-0.3, -0.25) is 0 Å². The fourth-order valence-corrected chi connectivity index (χ4v) is 1.21. The van der Waals surface area contributed by atoms with Gasteiger partial charge in [-0.05, 0) is 18.6 Å². The molecule has 0 aromatic heterocycles. The molecule has 0 fully saturated rings. The minimum Gasteiger partial charge on any atom is -0.370 e. The molecule has 1 aromatic carbocycles.